The van der Waals surface area contributed by atoms with Gasteiger partial charge in [0.05, 0.1) is 41.2 Å². The second kappa shape index (κ2) is 10.9. The highest BCUT2D eigenvalue weighted by atomic mass is 79.9. The van der Waals surface area contributed by atoms with Crippen LogP contribution in [0.4, 0.5) is 32.0 Å². The summed E-state index contributed by atoms with van der Waals surface area (Å²) < 4.78 is 87.1. The van der Waals surface area contributed by atoms with Crippen molar-refractivity contribution in [1.29, 1.82) is 0 Å². The lowest BCUT2D eigenvalue weighted by molar-refractivity contribution is -0.143. The van der Waals surface area contributed by atoms with Crippen LogP contribution >= 0.6 is 39.1 Å². The molecule has 1 N–H and O–H groups in total. The van der Waals surface area contributed by atoms with Crippen molar-refractivity contribution < 1.29 is 55.4 Å². The van der Waals surface area contributed by atoms with Gasteiger partial charge in [-0.25, -0.2) is 4.90 Å². The summed E-state index contributed by atoms with van der Waals surface area (Å²) in [7, 11) is 1.30. The van der Waals surface area contributed by atoms with E-state index in [0.717, 1.165) is 4.90 Å². The summed E-state index contributed by atoms with van der Waals surface area (Å²) in [6.07, 6.45) is -9.63. The smallest absolute Gasteiger partial charge is 0.416 e. The minimum Gasteiger partial charge on any atom is -0.504 e. The number of nitrogens with zero attached hydrogens (tertiary/aromatic N) is 2. The van der Waals surface area contributed by atoms with Gasteiger partial charge in [-0.1, -0.05) is 33.6 Å². The van der Waals surface area contributed by atoms with Gasteiger partial charge in [0.15, 0.2) is 21.2 Å². The van der Waals surface area contributed by atoms with Crippen molar-refractivity contribution in [2.45, 2.75) is 40.9 Å². The van der Waals surface area contributed by atoms with Crippen molar-refractivity contribution >= 4 is 68.4 Å². The molecule has 0 bridgehead atoms. The van der Waals surface area contributed by atoms with Crippen molar-refractivity contribution in [3.05, 3.63) is 64.7 Å². The first-order valence-electron chi connectivity index (χ1n) is 13.9. The van der Waals surface area contributed by atoms with E-state index in [1.54, 1.807) is 0 Å². The van der Waals surface area contributed by atoms with E-state index >= 15 is 0 Å². The first-order valence-corrected chi connectivity index (χ1v) is 15.7. The summed E-state index contributed by atoms with van der Waals surface area (Å²) in [4.78, 5) is 51.9. The van der Waals surface area contributed by atoms with Gasteiger partial charge in [0, 0.05) is 5.92 Å². The Labute approximate surface area is 280 Å². The molecule has 3 fully saturated rings. The number of hydrogen-bond acceptors (Lipinski definition) is 6. The summed E-state index contributed by atoms with van der Waals surface area (Å²) in [6, 6.07) is 4.54. The summed E-state index contributed by atoms with van der Waals surface area (Å²) in [5.74, 6) is -9.26. The number of methoxy groups -OCH3 is 1. The maximum Gasteiger partial charge on any atom is 0.416 e. The van der Waals surface area contributed by atoms with Gasteiger partial charge in [0.1, 0.15) is 0 Å². The van der Waals surface area contributed by atoms with Crippen LogP contribution in [-0.2, 0) is 31.5 Å². The van der Waals surface area contributed by atoms with Crippen LogP contribution in [0.1, 0.15) is 35.4 Å². The van der Waals surface area contributed by atoms with E-state index in [1.165, 1.54) is 31.4 Å². The van der Waals surface area contributed by atoms with Gasteiger partial charge in [-0.2, -0.15) is 26.3 Å². The van der Waals surface area contributed by atoms with Gasteiger partial charge in [0.2, 0.25) is 11.8 Å². The number of hydrogen-bond donors (Lipinski definition) is 1. The minimum atomic E-state index is -5.24. The Morgan fingerprint density at radius 2 is 1.55 bits per heavy atom. The van der Waals surface area contributed by atoms with E-state index in [4.69, 9.17) is 27.9 Å². The lowest BCUT2D eigenvalue weighted by Gasteiger charge is -2.50. The summed E-state index contributed by atoms with van der Waals surface area (Å²) in [6.45, 7) is 0. The SMILES string of the molecule is COc1ccc(C2C3=CCC4C(=O)N(c5cc(C(F)(F)F)cc(C(F)(F)F)c5)C(=O)C4C3CC3(Cl)C(=O)N(CBr)C(=O)C23Cl)cc1O. The topological polar surface area (TPSA) is 104 Å². The number of carbonyl (C=O) groups is 4. The van der Waals surface area contributed by atoms with Crippen LogP contribution in [0.2, 0.25) is 0 Å². The van der Waals surface area contributed by atoms with Crippen LogP contribution in [0.15, 0.2) is 48.0 Å². The zero-order chi connectivity index (χ0) is 34.6. The fourth-order valence-corrected chi connectivity index (χ4v) is 8.76. The molecule has 6 atom stereocenters. The van der Waals surface area contributed by atoms with Crippen LogP contribution in [0.5, 0.6) is 11.5 Å². The molecule has 2 aliphatic heterocycles. The number of alkyl halides is 9. The Hall–Kier alpha value is -3.30. The van der Waals surface area contributed by atoms with Crippen molar-refractivity contribution in [2.24, 2.45) is 17.8 Å². The number of phenolic OH excluding ortho intramolecular Hbond substituents is 1. The third kappa shape index (κ3) is 4.70. The van der Waals surface area contributed by atoms with Crippen molar-refractivity contribution in [1.82, 2.24) is 4.90 Å². The summed E-state index contributed by atoms with van der Waals surface area (Å²) in [5.41, 5.74) is -4.17. The molecule has 4 amide bonds. The molecule has 6 unspecified atom stereocenters. The molecule has 2 aromatic carbocycles. The number of allylic oxidation sites excluding steroid dienone is 2. The highest BCUT2D eigenvalue weighted by Gasteiger charge is 2.76. The molecule has 0 aromatic heterocycles. The summed E-state index contributed by atoms with van der Waals surface area (Å²) >= 11 is 17.3. The molecule has 2 saturated heterocycles. The van der Waals surface area contributed by atoms with Crippen molar-refractivity contribution in [2.75, 3.05) is 17.5 Å². The maximum atomic E-state index is 14.1. The number of carbonyl (C=O) groups excluding carboxylic acids is 4. The van der Waals surface area contributed by atoms with E-state index < -0.39 is 92.6 Å². The molecule has 47 heavy (non-hydrogen) atoms. The second-order valence-corrected chi connectivity index (χ2v) is 13.4. The molecule has 6 rings (SSSR count). The fraction of sp³-hybridized carbons (Fsp3) is 0.400. The average Bonchev–Trinajstić information content (AvgIpc) is 3.33. The van der Waals surface area contributed by atoms with Crippen LogP contribution in [0.25, 0.3) is 0 Å². The first kappa shape index (κ1) is 33.6. The average molecular weight is 770 g/mol. The number of halogens is 9. The Morgan fingerprint density at radius 1 is 0.936 bits per heavy atom. The standard InChI is InChI=1S/C30H21BrCl2F6N2O6/c1-47-20-5-2-12(6-19(20)42)22-16-3-4-17-21(18(16)10-27(32)25(45)40(11-31)26(46)28(22,27)33)24(44)41(23(17)43)15-8-13(29(34,35)36)7-14(9-15)30(37,38)39/h2-3,5-9,17-18,21-22,42H,4,10-11H2,1H3. The quantitative estimate of drug-likeness (QED) is 0.128. The van der Waals surface area contributed by atoms with E-state index in [1.807, 2.05) is 0 Å². The van der Waals surface area contributed by atoms with Crippen LogP contribution in [0.3, 0.4) is 0 Å². The van der Waals surface area contributed by atoms with Gasteiger partial charge in [-0.15, -0.1) is 23.2 Å². The molecule has 2 aromatic rings. The number of likely N-dealkylation sites (tertiary alicyclic amines) is 1. The minimum absolute atomic E-state index is 0.0574. The molecule has 4 aliphatic rings. The number of imide groups is 2. The number of phenols is 1. The van der Waals surface area contributed by atoms with Crippen molar-refractivity contribution in [3.63, 3.8) is 0 Å². The third-order valence-electron chi connectivity index (χ3n) is 9.38. The molecular weight excluding hydrogens is 749 g/mol. The maximum absolute atomic E-state index is 14.1. The predicted molar refractivity (Wildman–Crippen MR) is 157 cm³/mol. The molecule has 2 aliphatic carbocycles. The van der Waals surface area contributed by atoms with Gasteiger partial charge in [-0.05, 0) is 54.7 Å². The third-order valence-corrected chi connectivity index (χ3v) is 11.3. The fourth-order valence-electron chi connectivity index (χ4n) is 7.34. The molecule has 0 radical (unpaired) electrons. The molecule has 250 valence electrons. The highest BCUT2D eigenvalue weighted by Crippen LogP contribution is 2.66. The van der Waals surface area contributed by atoms with Crippen LogP contribution < -0.4 is 9.64 Å². The van der Waals surface area contributed by atoms with E-state index in [-0.39, 0.29) is 35.0 Å². The Morgan fingerprint density at radius 3 is 2.09 bits per heavy atom. The molecule has 17 heteroatoms. The van der Waals surface area contributed by atoms with Gasteiger partial charge in [0.25, 0.3) is 11.8 Å². The molecule has 0 spiro atoms. The van der Waals surface area contributed by atoms with E-state index in [0.29, 0.717) is 22.6 Å². The number of aromatic hydroxyl groups is 1. The Kier molecular flexibility index (Phi) is 7.76. The molecule has 8 nitrogen and oxygen atoms in total. The number of rotatable bonds is 4. The number of anilines is 1. The Bertz CT molecular complexity index is 1750. The monoisotopic (exact) mass is 768 g/mol. The largest absolute Gasteiger partial charge is 0.504 e. The van der Waals surface area contributed by atoms with E-state index in [9.17, 15) is 50.6 Å². The van der Waals surface area contributed by atoms with E-state index in [2.05, 4.69) is 15.9 Å². The molecule has 1 saturated carbocycles. The van der Waals surface area contributed by atoms with Crippen LogP contribution in [-0.4, -0.2) is 55.9 Å². The van der Waals surface area contributed by atoms with Gasteiger partial charge in [-0.3, -0.25) is 24.1 Å². The molecular formula is C30H21BrCl2F6N2O6. The normalized spacial score (nSPS) is 30.7. The number of amides is 4. The zero-order valence-corrected chi connectivity index (χ0v) is 26.9. The first-order chi connectivity index (χ1) is 21.8. The number of benzene rings is 2. The second-order valence-electron chi connectivity index (χ2n) is 11.7. The Balaban J connectivity index is 1.51. The highest BCUT2D eigenvalue weighted by molar-refractivity contribution is 9.09. The number of fused-ring (bicyclic) bond motifs is 4. The summed E-state index contributed by atoms with van der Waals surface area (Å²) in [5, 5.41) is 10.6. The lowest BCUT2D eigenvalue weighted by atomic mass is 9.56. The van der Waals surface area contributed by atoms with Crippen molar-refractivity contribution in [3.8, 4) is 11.5 Å². The zero-order valence-electron chi connectivity index (χ0n) is 23.8. The van der Waals surface area contributed by atoms with Gasteiger partial charge >= 0.3 is 12.4 Å². The predicted octanol–water partition coefficient (Wildman–Crippen LogP) is 6.35. The van der Waals surface area contributed by atoms with Crippen LogP contribution in [0, 0.1) is 17.8 Å². The number of ether oxygens (including phenoxy) is 1. The molecule has 2 heterocycles. The van der Waals surface area contributed by atoms with Gasteiger partial charge < -0.3 is 9.84 Å². The lowest BCUT2D eigenvalue weighted by Crippen LogP contribution is -2.60.